The van der Waals surface area contributed by atoms with Crippen LogP contribution in [0.2, 0.25) is 0 Å². The molecule has 0 aromatic heterocycles. The van der Waals surface area contributed by atoms with Crippen molar-refractivity contribution in [1.82, 2.24) is 0 Å². The zero-order valence-electron chi connectivity index (χ0n) is 35.2. The number of aliphatic hydroxyl groups excluding tert-OH is 2. The minimum absolute atomic E-state index is 0.169. The van der Waals surface area contributed by atoms with Crippen LogP contribution in [-0.2, 0) is 32.7 Å². The molecule has 0 fully saturated rings. The number of carbonyl (C=O) groups is 2. The fourth-order valence-electron chi connectivity index (χ4n) is 6.16. The average molecular weight is 803 g/mol. The summed E-state index contributed by atoms with van der Waals surface area (Å²) in [7, 11) is -4.62. The van der Waals surface area contributed by atoms with Crippen molar-refractivity contribution in [2.75, 3.05) is 26.4 Å². The Labute approximate surface area is 336 Å². The van der Waals surface area contributed by atoms with Crippen LogP contribution in [0.3, 0.4) is 0 Å². The highest BCUT2D eigenvalue weighted by molar-refractivity contribution is 7.47. The molecule has 0 aromatic rings. The second-order valence-corrected chi connectivity index (χ2v) is 16.6. The lowest BCUT2D eigenvalue weighted by atomic mass is 10.0. The van der Waals surface area contributed by atoms with Crippen LogP contribution < -0.4 is 0 Å². The van der Waals surface area contributed by atoms with Crippen molar-refractivity contribution in [3.63, 3.8) is 0 Å². The molecule has 0 saturated carbocycles. The van der Waals surface area contributed by atoms with Crippen LogP contribution in [0, 0.1) is 0 Å². The maximum absolute atomic E-state index is 12.6. The van der Waals surface area contributed by atoms with Crippen LogP contribution >= 0.6 is 7.82 Å². The first-order chi connectivity index (χ1) is 26.7. The topological polar surface area (TPSA) is 149 Å². The predicted molar refractivity (Wildman–Crippen MR) is 224 cm³/mol. The van der Waals surface area contributed by atoms with Crippen molar-refractivity contribution >= 4 is 19.8 Å². The quantitative estimate of drug-likeness (QED) is 0.0236. The molecule has 324 valence electrons. The monoisotopic (exact) mass is 803 g/mol. The highest BCUT2D eigenvalue weighted by Gasteiger charge is 2.27. The van der Waals surface area contributed by atoms with Gasteiger partial charge in [0.25, 0.3) is 0 Å². The molecular formula is C44H83O10P. The summed E-state index contributed by atoms with van der Waals surface area (Å²) in [5, 5.41) is 18.3. The fourth-order valence-corrected chi connectivity index (χ4v) is 6.95. The number of ether oxygens (including phenoxy) is 2. The van der Waals surface area contributed by atoms with Crippen LogP contribution in [0.15, 0.2) is 24.3 Å². The second-order valence-electron chi connectivity index (χ2n) is 15.1. The minimum atomic E-state index is -4.62. The van der Waals surface area contributed by atoms with Gasteiger partial charge in [-0.1, -0.05) is 179 Å². The summed E-state index contributed by atoms with van der Waals surface area (Å²) in [5.41, 5.74) is 0. The van der Waals surface area contributed by atoms with Crippen LogP contribution in [0.25, 0.3) is 0 Å². The SMILES string of the molecule is CCCCCC/C=C/C=C/CCCCCCCC(=O)O[C@H](COC(=O)CCCCCCCCCCCCCCCCCCC)COP(=O)(O)OC[C@@H](O)CO. The molecule has 0 aliphatic carbocycles. The predicted octanol–water partition coefficient (Wildman–Crippen LogP) is 11.8. The minimum Gasteiger partial charge on any atom is -0.462 e. The number of phosphoric ester groups is 1. The van der Waals surface area contributed by atoms with E-state index in [2.05, 4.69) is 42.7 Å². The Morgan fingerprint density at radius 3 is 1.38 bits per heavy atom. The Kier molecular flexibility index (Phi) is 39.5. The Bertz CT molecular complexity index is 972. The summed E-state index contributed by atoms with van der Waals surface area (Å²) in [6.45, 7) is 2.36. The number of allylic oxidation sites excluding steroid dienone is 4. The van der Waals surface area contributed by atoms with E-state index in [0.717, 1.165) is 57.8 Å². The van der Waals surface area contributed by atoms with Gasteiger partial charge < -0.3 is 24.6 Å². The maximum Gasteiger partial charge on any atom is 0.472 e. The van der Waals surface area contributed by atoms with Crippen molar-refractivity contribution < 1.29 is 47.8 Å². The van der Waals surface area contributed by atoms with Gasteiger partial charge in [-0.15, -0.1) is 0 Å². The largest absolute Gasteiger partial charge is 0.472 e. The summed E-state index contributed by atoms with van der Waals surface area (Å²) in [5.74, 6) is -0.934. The zero-order valence-corrected chi connectivity index (χ0v) is 36.0. The van der Waals surface area contributed by atoms with Crippen molar-refractivity contribution in [3.05, 3.63) is 24.3 Å². The molecule has 0 rings (SSSR count). The third-order valence-corrected chi connectivity index (χ3v) is 10.6. The molecule has 55 heavy (non-hydrogen) atoms. The normalized spacial score (nSPS) is 14.1. The van der Waals surface area contributed by atoms with E-state index in [1.807, 2.05) is 0 Å². The number of hydrogen-bond acceptors (Lipinski definition) is 9. The molecule has 0 spiro atoms. The van der Waals surface area contributed by atoms with E-state index < -0.39 is 51.8 Å². The molecule has 0 aliphatic heterocycles. The summed E-state index contributed by atoms with van der Waals surface area (Å²) in [4.78, 5) is 35.0. The van der Waals surface area contributed by atoms with E-state index in [-0.39, 0.29) is 19.4 Å². The van der Waals surface area contributed by atoms with Gasteiger partial charge in [0.1, 0.15) is 12.7 Å². The lowest BCUT2D eigenvalue weighted by Crippen LogP contribution is -2.29. The molecular weight excluding hydrogens is 719 g/mol. The second kappa shape index (κ2) is 40.6. The summed E-state index contributed by atoms with van der Waals surface area (Å²) >= 11 is 0. The summed E-state index contributed by atoms with van der Waals surface area (Å²) in [6, 6.07) is 0. The number of phosphoric acid groups is 1. The standard InChI is InChI=1S/C44H83O10P/c1-3-5-7-9-11-13-15-17-19-20-22-23-25-27-29-31-33-35-43(47)51-39-42(40-53-55(49,50)52-38-41(46)37-45)54-44(48)36-34-32-30-28-26-24-21-18-16-14-12-10-8-6-4-2/h14,16,18,21,41-42,45-46H,3-13,15,17,19-20,22-40H2,1-2H3,(H,49,50)/b16-14+,21-18+/t41-,42+/m0/s1. The van der Waals surface area contributed by atoms with Crippen LogP contribution in [-0.4, -0.2) is 65.7 Å². The molecule has 0 bridgehead atoms. The Hall–Kier alpha value is -1.55. The molecule has 0 heterocycles. The van der Waals surface area contributed by atoms with Gasteiger partial charge in [-0.3, -0.25) is 18.6 Å². The van der Waals surface area contributed by atoms with E-state index >= 15 is 0 Å². The number of carbonyl (C=O) groups excluding carboxylic acids is 2. The van der Waals surface area contributed by atoms with Crippen LogP contribution in [0.5, 0.6) is 0 Å². The first kappa shape index (κ1) is 53.5. The molecule has 0 aromatic carbocycles. The molecule has 10 nitrogen and oxygen atoms in total. The number of unbranched alkanes of at least 4 members (excludes halogenated alkanes) is 25. The molecule has 3 N–H and O–H groups in total. The molecule has 0 saturated heterocycles. The number of esters is 2. The fraction of sp³-hybridized carbons (Fsp3) is 0.864. The van der Waals surface area contributed by atoms with Gasteiger partial charge in [-0.2, -0.15) is 0 Å². The van der Waals surface area contributed by atoms with Gasteiger partial charge in [0, 0.05) is 12.8 Å². The molecule has 1 unspecified atom stereocenters. The Balaban J connectivity index is 4.27. The van der Waals surface area contributed by atoms with Gasteiger partial charge in [0.2, 0.25) is 0 Å². The average Bonchev–Trinajstić information content (AvgIpc) is 3.17. The van der Waals surface area contributed by atoms with Crippen LogP contribution in [0.4, 0.5) is 0 Å². The van der Waals surface area contributed by atoms with Gasteiger partial charge >= 0.3 is 19.8 Å². The maximum atomic E-state index is 12.6. The molecule has 3 atom stereocenters. The molecule has 0 amide bonds. The Morgan fingerprint density at radius 1 is 0.545 bits per heavy atom. The third kappa shape index (κ3) is 40.4. The summed E-state index contributed by atoms with van der Waals surface area (Å²) in [6.07, 6.45) is 40.0. The van der Waals surface area contributed by atoms with Crippen LogP contribution in [0.1, 0.15) is 206 Å². The van der Waals surface area contributed by atoms with Crippen molar-refractivity contribution in [1.29, 1.82) is 0 Å². The first-order valence-corrected chi connectivity index (χ1v) is 23.8. The van der Waals surface area contributed by atoms with Gasteiger partial charge in [-0.05, 0) is 38.5 Å². The number of rotatable bonds is 42. The third-order valence-electron chi connectivity index (χ3n) is 9.64. The number of hydrogen-bond donors (Lipinski definition) is 3. The van der Waals surface area contributed by atoms with E-state index in [1.54, 1.807) is 0 Å². The van der Waals surface area contributed by atoms with Gasteiger partial charge in [-0.25, -0.2) is 4.57 Å². The van der Waals surface area contributed by atoms with Crippen molar-refractivity contribution in [2.24, 2.45) is 0 Å². The van der Waals surface area contributed by atoms with E-state index in [4.69, 9.17) is 19.1 Å². The summed E-state index contributed by atoms with van der Waals surface area (Å²) < 4.78 is 32.7. The highest BCUT2D eigenvalue weighted by atomic mass is 31.2. The van der Waals surface area contributed by atoms with Gasteiger partial charge in [0.15, 0.2) is 6.10 Å². The van der Waals surface area contributed by atoms with E-state index in [0.29, 0.717) is 12.8 Å². The van der Waals surface area contributed by atoms with Crippen molar-refractivity contribution in [3.8, 4) is 0 Å². The molecule has 11 heteroatoms. The lowest BCUT2D eigenvalue weighted by molar-refractivity contribution is -0.161. The van der Waals surface area contributed by atoms with Crippen molar-refractivity contribution in [2.45, 2.75) is 219 Å². The number of aliphatic hydroxyl groups is 2. The lowest BCUT2D eigenvalue weighted by Gasteiger charge is -2.20. The van der Waals surface area contributed by atoms with E-state index in [9.17, 15) is 24.2 Å². The zero-order chi connectivity index (χ0) is 40.5. The van der Waals surface area contributed by atoms with Gasteiger partial charge in [0.05, 0.1) is 19.8 Å². The van der Waals surface area contributed by atoms with E-state index in [1.165, 1.54) is 109 Å². The smallest absolute Gasteiger partial charge is 0.462 e. The first-order valence-electron chi connectivity index (χ1n) is 22.3. The molecule has 0 aliphatic rings. The highest BCUT2D eigenvalue weighted by Crippen LogP contribution is 2.43. The Morgan fingerprint density at radius 2 is 0.927 bits per heavy atom. The molecule has 0 radical (unpaired) electrons.